The number of rotatable bonds is 7. The Kier molecular flexibility index (Phi) is 5.90. The molecule has 2 aromatic rings. The Morgan fingerprint density at radius 2 is 2.04 bits per heavy atom. The monoisotopic (exact) mass is 349 g/mol. The number of carbonyl (C=O) groups excluding carboxylic acids is 1. The second-order valence-corrected chi connectivity index (χ2v) is 7.82. The normalized spacial score (nSPS) is 12.0. The van der Waals surface area contributed by atoms with Gasteiger partial charge in [-0.1, -0.05) is 19.1 Å². The first-order valence-corrected chi connectivity index (χ1v) is 9.42. The first kappa shape index (κ1) is 18.4. The molecule has 2 rings (SSSR count). The van der Waals surface area contributed by atoms with Gasteiger partial charge in [0.25, 0.3) is 0 Å². The van der Waals surface area contributed by atoms with Gasteiger partial charge in [-0.25, -0.2) is 8.42 Å². The van der Waals surface area contributed by atoms with Crippen LogP contribution in [0.25, 0.3) is 10.8 Å². The van der Waals surface area contributed by atoms with Gasteiger partial charge in [0, 0.05) is 35.8 Å². The molecule has 1 heterocycles. The number of hydrogen-bond acceptors (Lipinski definition) is 4. The topological polar surface area (TPSA) is 79.4 Å². The van der Waals surface area contributed by atoms with Crippen LogP contribution in [0, 0.1) is 0 Å². The van der Waals surface area contributed by atoms with Gasteiger partial charge in [-0.15, -0.1) is 0 Å². The van der Waals surface area contributed by atoms with Crippen LogP contribution in [0.3, 0.4) is 0 Å². The molecule has 1 amide bonds. The van der Waals surface area contributed by atoms with Crippen LogP contribution in [0.5, 0.6) is 0 Å². The van der Waals surface area contributed by atoms with E-state index in [1.54, 1.807) is 30.6 Å². The fourth-order valence-electron chi connectivity index (χ4n) is 2.52. The fraction of sp³-hybridized carbons (Fsp3) is 0.412. The zero-order valence-electron chi connectivity index (χ0n) is 14.2. The average Bonchev–Trinajstić information content (AvgIpc) is 2.53. The molecule has 0 aliphatic rings. The highest BCUT2D eigenvalue weighted by Gasteiger charge is 2.27. The van der Waals surface area contributed by atoms with Crippen molar-refractivity contribution in [2.24, 2.45) is 0 Å². The molecule has 0 radical (unpaired) electrons. The molecule has 1 N–H and O–H groups in total. The number of aromatic nitrogens is 1. The highest BCUT2D eigenvalue weighted by molar-refractivity contribution is 7.89. The average molecular weight is 349 g/mol. The summed E-state index contributed by atoms with van der Waals surface area (Å²) in [5.74, 6) is -0.302. The maximum atomic E-state index is 13.1. The summed E-state index contributed by atoms with van der Waals surface area (Å²) < 4.78 is 27.4. The van der Waals surface area contributed by atoms with Crippen LogP contribution in [0.2, 0.25) is 0 Å². The summed E-state index contributed by atoms with van der Waals surface area (Å²) in [7, 11) is -3.78. The second-order valence-electron chi connectivity index (χ2n) is 5.91. The lowest BCUT2D eigenvalue weighted by molar-refractivity contribution is -0.121. The van der Waals surface area contributed by atoms with Crippen LogP contribution < -0.4 is 5.32 Å². The van der Waals surface area contributed by atoms with Crippen molar-refractivity contribution >= 4 is 26.7 Å². The number of nitrogens with one attached hydrogen (secondary N) is 1. The molecule has 0 atom stereocenters. The van der Waals surface area contributed by atoms with Crippen molar-refractivity contribution in [1.82, 2.24) is 14.6 Å². The standard InChI is InChI=1S/C17H23N3O3S/c1-4-10-20(12-17(21)19-13(2)3)24(22,23)16-7-5-6-14-11-18-9-8-15(14)16/h5-9,11,13H,4,10,12H2,1-3H3,(H,19,21). The van der Waals surface area contributed by atoms with Crippen molar-refractivity contribution in [2.75, 3.05) is 13.1 Å². The van der Waals surface area contributed by atoms with E-state index < -0.39 is 10.0 Å². The van der Waals surface area contributed by atoms with Crippen molar-refractivity contribution in [3.63, 3.8) is 0 Å². The number of amides is 1. The summed E-state index contributed by atoms with van der Waals surface area (Å²) >= 11 is 0. The highest BCUT2D eigenvalue weighted by atomic mass is 32.2. The van der Waals surface area contributed by atoms with Gasteiger partial charge < -0.3 is 5.32 Å². The Morgan fingerprint density at radius 1 is 1.29 bits per heavy atom. The van der Waals surface area contributed by atoms with Gasteiger partial charge in [-0.05, 0) is 32.4 Å². The Morgan fingerprint density at radius 3 is 2.71 bits per heavy atom. The van der Waals surface area contributed by atoms with Gasteiger partial charge >= 0.3 is 0 Å². The zero-order chi connectivity index (χ0) is 17.7. The molecule has 0 saturated carbocycles. The molecule has 0 saturated heterocycles. The fourth-order valence-corrected chi connectivity index (χ4v) is 4.22. The first-order valence-electron chi connectivity index (χ1n) is 7.98. The van der Waals surface area contributed by atoms with E-state index in [0.29, 0.717) is 11.8 Å². The van der Waals surface area contributed by atoms with E-state index in [4.69, 9.17) is 0 Å². The largest absolute Gasteiger partial charge is 0.353 e. The Labute approximate surface area is 142 Å². The van der Waals surface area contributed by atoms with E-state index in [0.717, 1.165) is 5.39 Å². The van der Waals surface area contributed by atoms with Crippen LogP contribution in [0.4, 0.5) is 0 Å². The van der Waals surface area contributed by atoms with Crippen molar-refractivity contribution in [3.8, 4) is 0 Å². The third kappa shape index (κ3) is 4.10. The number of nitrogens with zero attached hydrogens (tertiary/aromatic N) is 2. The van der Waals surface area contributed by atoms with Crippen LogP contribution in [-0.2, 0) is 14.8 Å². The Hall–Kier alpha value is -1.99. The molecule has 0 spiro atoms. The number of benzene rings is 1. The predicted molar refractivity (Wildman–Crippen MR) is 94.1 cm³/mol. The summed E-state index contributed by atoms with van der Waals surface area (Å²) in [4.78, 5) is 16.3. The second kappa shape index (κ2) is 7.72. The number of carbonyl (C=O) groups is 1. The lowest BCUT2D eigenvalue weighted by atomic mass is 10.2. The molecule has 1 aromatic heterocycles. The molecular weight excluding hydrogens is 326 g/mol. The Balaban J connectivity index is 2.42. The SMILES string of the molecule is CCCN(CC(=O)NC(C)C)S(=O)(=O)c1cccc2cnccc12. The van der Waals surface area contributed by atoms with E-state index in [-0.39, 0.29) is 29.9 Å². The van der Waals surface area contributed by atoms with Gasteiger partial charge in [0.15, 0.2) is 0 Å². The molecule has 130 valence electrons. The van der Waals surface area contributed by atoms with E-state index in [1.165, 1.54) is 4.31 Å². The first-order chi connectivity index (χ1) is 11.4. The van der Waals surface area contributed by atoms with Crippen molar-refractivity contribution in [3.05, 3.63) is 36.7 Å². The van der Waals surface area contributed by atoms with Gasteiger partial charge in [-0.3, -0.25) is 9.78 Å². The molecule has 0 fully saturated rings. The minimum atomic E-state index is -3.78. The van der Waals surface area contributed by atoms with Gasteiger partial charge in [0.05, 0.1) is 11.4 Å². The van der Waals surface area contributed by atoms with Crippen LogP contribution in [0.15, 0.2) is 41.6 Å². The van der Waals surface area contributed by atoms with E-state index in [2.05, 4.69) is 10.3 Å². The molecule has 6 nitrogen and oxygen atoms in total. The van der Waals surface area contributed by atoms with Crippen molar-refractivity contribution in [1.29, 1.82) is 0 Å². The Bertz CT molecular complexity index is 813. The van der Waals surface area contributed by atoms with Crippen molar-refractivity contribution in [2.45, 2.75) is 38.1 Å². The molecule has 0 aliphatic heterocycles. The predicted octanol–water partition coefficient (Wildman–Crippen LogP) is 2.16. The van der Waals surface area contributed by atoms with Gasteiger partial charge in [-0.2, -0.15) is 4.31 Å². The minimum Gasteiger partial charge on any atom is -0.353 e. The molecular formula is C17H23N3O3S. The van der Waals surface area contributed by atoms with Crippen LogP contribution >= 0.6 is 0 Å². The van der Waals surface area contributed by atoms with E-state index in [9.17, 15) is 13.2 Å². The van der Waals surface area contributed by atoms with Gasteiger partial charge in [0.2, 0.25) is 15.9 Å². The third-order valence-corrected chi connectivity index (χ3v) is 5.40. The van der Waals surface area contributed by atoms with Crippen molar-refractivity contribution < 1.29 is 13.2 Å². The maximum absolute atomic E-state index is 13.1. The number of hydrogen-bond donors (Lipinski definition) is 1. The molecule has 7 heteroatoms. The third-order valence-electron chi connectivity index (χ3n) is 3.50. The maximum Gasteiger partial charge on any atom is 0.244 e. The zero-order valence-corrected chi connectivity index (χ0v) is 15.0. The van der Waals surface area contributed by atoms with Crippen LogP contribution in [-0.4, -0.2) is 42.7 Å². The van der Waals surface area contributed by atoms with E-state index in [1.807, 2.05) is 26.8 Å². The molecule has 0 bridgehead atoms. The smallest absolute Gasteiger partial charge is 0.244 e. The summed E-state index contributed by atoms with van der Waals surface area (Å²) in [6.07, 6.45) is 3.82. The molecule has 0 unspecified atom stereocenters. The summed E-state index contributed by atoms with van der Waals surface area (Å²) in [6, 6.07) is 6.72. The number of sulfonamides is 1. The molecule has 1 aromatic carbocycles. The summed E-state index contributed by atoms with van der Waals surface area (Å²) in [6.45, 7) is 5.67. The minimum absolute atomic E-state index is 0.0349. The summed E-state index contributed by atoms with van der Waals surface area (Å²) in [5.41, 5.74) is 0. The molecule has 0 aliphatic carbocycles. The van der Waals surface area contributed by atoms with Gasteiger partial charge in [0.1, 0.15) is 0 Å². The van der Waals surface area contributed by atoms with E-state index >= 15 is 0 Å². The van der Waals surface area contributed by atoms with Crippen LogP contribution in [0.1, 0.15) is 27.2 Å². The number of pyridine rings is 1. The lowest BCUT2D eigenvalue weighted by Gasteiger charge is -2.22. The lowest BCUT2D eigenvalue weighted by Crippen LogP contribution is -2.43. The molecule has 24 heavy (non-hydrogen) atoms. The number of fused-ring (bicyclic) bond motifs is 1. The quantitative estimate of drug-likeness (QED) is 0.831. The summed E-state index contributed by atoms with van der Waals surface area (Å²) in [5, 5.41) is 4.10. The highest BCUT2D eigenvalue weighted by Crippen LogP contribution is 2.25.